The number of aromatic nitrogens is 4. The van der Waals surface area contributed by atoms with Gasteiger partial charge in [0, 0.05) is 18.8 Å². The standard InChI is InChI=1S/C13H21N5O3S2/c1-13(2,3)18-12(14-15-16-18)23-8-10(19)17-5-6-22-9(7-17)11(20)21-4/h9H,5-8H2,1-4H3/t9-/m0/s1. The molecule has 0 N–H and O–H groups in total. The van der Waals surface area contributed by atoms with Crippen LogP contribution < -0.4 is 0 Å². The molecule has 128 valence electrons. The number of hydrogen-bond donors (Lipinski definition) is 0. The molecule has 8 nitrogen and oxygen atoms in total. The van der Waals surface area contributed by atoms with E-state index in [2.05, 4.69) is 15.5 Å². The van der Waals surface area contributed by atoms with E-state index in [9.17, 15) is 9.59 Å². The van der Waals surface area contributed by atoms with Crippen LogP contribution in [0.2, 0.25) is 0 Å². The zero-order valence-corrected chi connectivity index (χ0v) is 15.3. The van der Waals surface area contributed by atoms with Gasteiger partial charge in [0.2, 0.25) is 11.1 Å². The van der Waals surface area contributed by atoms with Crippen LogP contribution in [0, 0.1) is 0 Å². The molecular weight excluding hydrogens is 338 g/mol. The summed E-state index contributed by atoms with van der Waals surface area (Å²) in [7, 11) is 1.37. The molecule has 0 aromatic carbocycles. The number of carbonyl (C=O) groups is 2. The summed E-state index contributed by atoms with van der Waals surface area (Å²) in [5.74, 6) is 0.676. The SMILES string of the molecule is COC(=O)[C@@H]1CN(C(=O)CSc2nnnn2C(C)(C)C)CCS1. The Morgan fingerprint density at radius 1 is 1.43 bits per heavy atom. The number of tetrazole rings is 1. The van der Waals surface area contributed by atoms with E-state index in [-0.39, 0.29) is 28.4 Å². The van der Waals surface area contributed by atoms with Crippen LogP contribution in [0.4, 0.5) is 0 Å². The maximum absolute atomic E-state index is 12.4. The Labute approximate surface area is 143 Å². The van der Waals surface area contributed by atoms with Crippen molar-refractivity contribution in [3.8, 4) is 0 Å². The van der Waals surface area contributed by atoms with Crippen molar-refractivity contribution in [3.05, 3.63) is 0 Å². The van der Waals surface area contributed by atoms with Crippen LogP contribution in [0.3, 0.4) is 0 Å². The number of hydrogen-bond acceptors (Lipinski definition) is 8. The summed E-state index contributed by atoms with van der Waals surface area (Å²) in [6.45, 7) is 7.02. The lowest BCUT2D eigenvalue weighted by Crippen LogP contribution is -2.45. The van der Waals surface area contributed by atoms with Gasteiger partial charge in [0.1, 0.15) is 5.25 Å². The largest absolute Gasteiger partial charge is 0.468 e. The first-order valence-corrected chi connectivity index (χ1v) is 9.25. The van der Waals surface area contributed by atoms with Gasteiger partial charge in [0.15, 0.2) is 0 Å². The van der Waals surface area contributed by atoms with Crippen molar-refractivity contribution in [3.63, 3.8) is 0 Å². The maximum Gasteiger partial charge on any atom is 0.320 e. The monoisotopic (exact) mass is 359 g/mol. The van der Waals surface area contributed by atoms with Gasteiger partial charge in [-0.1, -0.05) is 11.8 Å². The summed E-state index contributed by atoms with van der Waals surface area (Å²) in [5.41, 5.74) is -0.243. The lowest BCUT2D eigenvalue weighted by molar-refractivity contribution is -0.141. The molecule has 1 atom stereocenters. The zero-order chi connectivity index (χ0) is 17.0. The van der Waals surface area contributed by atoms with Crippen LogP contribution in [0.25, 0.3) is 0 Å². The molecule has 10 heteroatoms. The maximum atomic E-state index is 12.4. The summed E-state index contributed by atoms with van der Waals surface area (Å²) >= 11 is 2.84. The quantitative estimate of drug-likeness (QED) is 0.571. The van der Waals surface area contributed by atoms with Crippen molar-refractivity contribution in [2.24, 2.45) is 0 Å². The van der Waals surface area contributed by atoms with E-state index in [4.69, 9.17) is 4.74 Å². The molecule has 1 fully saturated rings. The summed E-state index contributed by atoms with van der Waals surface area (Å²) in [4.78, 5) is 25.7. The van der Waals surface area contributed by atoms with E-state index < -0.39 is 0 Å². The average molecular weight is 359 g/mol. The third-order valence-electron chi connectivity index (χ3n) is 3.28. The van der Waals surface area contributed by atoms with E-state index in [1.165, 1.54) is 30.6 Å². The van der Waals surface area contributed by atoms with E-state index in [0.29, 0.717) is 18.2 Å². The van der Waals surface area contributed by atoms with Gasteiger partial charge in [-0.2, -0.15) is 0 Å². The molecule has 0 saturated carbocycles. The fraction of sp³-hybridized carbons (Fsp3) is 0.769. The molecule has 0 bridgehead atoms. The Bertz CT molecular complexity index is 572. The number of carbonyl (C=O) groups excluding carboxylic acids is 2. The van der Waals surface area contributed by atoms with E-state index in [0.717, 1.165) is 5.75 Å². The number of rotatable bonds is 4. The molecule has 1 aliphatic rings. The molecule has 0 aliphatic carbocycles. The van der Waals surface area contributed by atoms with Crippen LogP contribution in [-0.2, 0) is 19.9 Å². The topological polar surface area (TPSA) is 90.2 Å². The fourth-order valence-corrected chi connectivity index (χ4v) is 4.15. The van der Waals surface area contributed by atoms with Gasteiger partial charge < -0.3 is 9.64 Å². The van der Waals surface area contributed by atoms with Crippen molar-refractivity contribution in [2.75, 3.05) is 31.7 Å². The molecule has 2 heterocycles. The van der Waals surface area contributed by atoms with Crippen molar-refractivity contribution in [1.29, 1.82) is 0 Å². The predicted octanol–water partition coefficient (Wildman–Crippen LogP) is 0.637. The first kappa shape index (κ1) is 18.1. The summed E-state index contributed by atoms with van der Waals surface area (Å²) in [6, 6.07) is 0. The average Bonchev–Trinajstić information content (AvgIpc) is 3.00. The smallest absolute Gasteiger partial charge is 0.320 e. The lowest BCUT2D eigenvalue weighted by Gasteiger charge is -2.30. The zero-order valence-electron chi connectivity index (χ0n) is 13.7. The van der Waals surface area contributed by atoms with E-state index in [1.807, 2.05) is 20.8 Å². The van der Waals surface area contributed by atoms with Crippen LogP contribution in [0.1, 0.15) is 20.8 Å². The molecule has 1 aliphatic heterocycles. The van der Waals surface area contributed by atoms with Crippen LogP contribution >= 0.6 is 23.5 Å². The third kappa shape index (κ3) is 4.60. The molecule has 0 radical (unpaired) electrons. The highest BCUT2D eigenvalue weighted by molar-refractivity contribution is 8.00. The van der Waals surface area contributed by atoms with Crippen molar-refractivity contribution in [1.82, 2.24) is 25.1 Å². The number of ether oxygens (including phenoxy) is 1. The molecule has 1 aromatic rings. The van der Waals surface area contributed by atoms with Crippen molar-refractivity contribution >= 4 is 35.4 Å². The van der Waals surface area contributed by atoms with Gasteiger partial charge in [-0.3, -0.25) is 9.59 Å². The number of methoxy groups -OCH3 is 1. The predicted molar refractivity (Wildman–Crippen MR) is 88.4 cm³/mol. The molecule has 1 aromatic heterocycles. The molecule has 1 saturated heterocycles. The molecule has 0 spiro atoms. The van der Waals surface area contributed by atoms with E-state index in [1.54, 1.807) is 9.58 Å². The molecule has 1 amide bonds. The molecule has 2 rings (SSSR count). The summed E-state index contributed by atoms with van der Waals surface area (Å²) in [6.07, 6.45) is 0. The minimum atomic E-state index is -0.303. The van der Waals surface area contributed by atoms with Gasteiger partial charge in [-0.25, -0.2) is 4.68 Å². The minimum Gasteiger partial charge on any atom is -0.468 e. The normalized spacial score (nSPS) is 18.8. The second kappa shape index (κ2) is 7.52. The highest BCUT2D eigenvalue weighted by Gasteiger charge is 2.30. The highest BCUT2D eigenvalue weighted by Crippen LogP contribution is 2.24. The lowest BCUT2D eigenvalue weighted by atomic mass is 10.1. The summed E-state index contributed by atoms with van der Waals surface area (Å²) < 4.78 is 6.46. The number of thioether (sulfide) groups is 2. The van der Waals surface area contributed by atoms with Crippen LogP contribution in [0.5, 0.6) is 0 Å². The Hall–Kier alpha value is -1.29. The number of esters is 1. The Morgan fingerprint density at radius 3 is 2.83 bits per heavy atom. The second-order valence-electron chi connectivity index (χ2n) is 6.06. The first-order chi connectivity index (χ1) is 10.8. The Kier molecular flexibility index (Phi) is 5.90. The molecule has 0 unspecified atom stereocenters. The highest BCUT2D eigenvalue weighted by atomic mass is 32.2. The van der Waals surface area contributed by atoms with Gasteiger partial charge in [-0.15, -0.1) is 16.9 Å². The number of amides is 1. The number of nitrogens with zero attached hydrogens (tertiary/aromatic N) is 5. The van der Waals surface area contributed by atoms with Gasteiger partial charge in [0.05, 0.1) is 18.4 Å². The second-order valence-corrected chi connectivity index (χ2v) is 8.31. The Balaban J connectivity index is 1.92. The Morgan fingerprint density at radius 2 is 2.17 bits per heavy atom. The van der Waals surface area contributed by atoms with Gasteiger partial charge >= 0.3 is 5.97 Å². The molecular formula is C13H21N5O3S2. The van der Waals surface area contributed by atoms with Gasteiger partial charge in [-0.05, 0) is 31.2 Å². The van der Waals surface area contributed by atoms with Crippen molar-refractivity contribution < 1.29 is 14.3 Å². The molecule has 23 heavy (non-hydrogen) atoms. The third-order valence-corrected chi connectivity index (χ3v) is 5.35. The van der Waals surface area contributed by atoms with Crippen LogP contribution in [0.15, 0.2) is 5.16 Å². The summed E-state index contributed by atoms with van der Waals surface area (Å²) in [5, 5.41) is 11.9. The fourth-order valence-electron chi connectivity index (χ4n) is 2.06. The van der Waals surface area contributed by atoms with Crippen molar-refractivity contribution in [2.45, 2.75) is 36.7 Å². The minimum absolute atomic E-state index is 0.0207. The van der Waals surface area contributed by atoms with Gasteiger partial charge in [0.25, 0.3) is 0 Å². The first-order valence-electron chi connectivity index (χ1n) is 7.22. The van der Waals surface area contributed by atoms with E-state index >= 15 is 0 Å². The van der Waals surface area contributed by atoms with Crippen LogP contribution in [-0.4, -0.2) is 73.9 Å².